The lowest BCUT2D eigenvalue weighted by Gasteiger charge is -2.15. The largest absolute Gasteiger partial charge is 0.462 e. The Balaban J connectivity index is 3.52. The molecular formula is C65H106O5. The molecule has 0 saturated heterocycles. The molecule has 0 aliphatic rings. The van der Waals surface area contributed by atoms with E-state index in [2.05, 4.69) is 135 Å². The molecule has 1 N–H and O–H groups in total. The van der Waals surface area contributed by atoms with E-state index in [-0.39, 0.29) is 25.6 Å². The average Bonchev–Trinajstić information content (AvgIpc) is 3.36. The highest BCUT2D eigenvalue weighted by atomic mass is 16.6. The van der Waals surface area contributed by atoms with Crippen LogP contribution in [0.4, 0.5) is 0 Å². The fourth-order valence-corrected chi connectivity index (χ4v) is 7.73. The molecule has 0 saturated carbocycles. The van der Waals surface area contributed by atoms with Gasteiger partial charge in [0.25, 0.3) is 0 Å². The van der Waals surface area contributed by atoms with Crippen molar-refractivity contribution in [3.8, 4) is 0 Å². The van der Waals surface area contributed by atoms with E-state index < -0.39 is 12.1 Å². The number of carbonyl (C=O) groups excluding carboxylic acids is 2. The summed E-state index contributed by atoms with van der Waals surface area (Å²) < 4.78 is 10.6. The number of aliphatic hydroxyl groups is 1. The number of esters is 2. The van der Waals surface area contributed by atoms with E-state index in [9.17, 15) is 14.7 Å². The van der Waals surface area contributed by atoms with Crippen LogP contribution in [-0.2, 0) is 19.1 Å². The van der Waals surface area contributed by atoms with Crippen LogP contribution in [0.5, 0.6) is 0 Å². The van der Waals surface area contributed by atoms with Gasteiger partial charge < -0.3 is 14.6 Å². The Hall–Kier alpha value is -3.96. The summed E-state index contributed by atoms with van der Waals surface area (Å²) in [5.41, 5.74) is 0. The minimum absolute atomic E-state index is 0.101. The van der Waals surface area contributed by atoms with E-state index in [1.165, 1.54) is 122 Å². The van der Waals surface area contributed by atoms with Crippen LogP contribution in [0.25, 0.3) is 0 Å². The van der Waals surface area contributed by atoms with Gasteiger partial charge in [0.05, 0.1) is 6.61 Å². The molecule has 0 spiro atoms. The van der Waals surface area contributed by atoms with Crippen molar-refractivity contribution in [3.63, 3.8) is 0 Å². The summed E-state index contributed by atoms with van der Waals surface area (Å²) in [6.45, 7) is 3.85. The zero-order chi connectivity index (χ0) is 50.6. The van der Waals surface area contributed by atoms with Crippen molar-refractivity contribution < 1.29 is 24.2 Å². The Labute approximate surface area is 432 Å². The number of allylic oxidation sites excluding steroid dienone is 22. The van der Waals surface area contributed by atoms with Crippen LogP contribution in [0.3, 0.4) is 0 Å². The van der Waals surface area contributed by atoms with Crippen molar-refractivity contribution in [2.75, 3.05) is 13.2 Å². The second kappa shape index (κ2) is 59.3. The Morgan fingerprint density at radius 1 is 0.329 bits per heavy atom. The van der Waals surface area contributed by atoms with E-state index in [0.717, 1.165) is 89.9 Å². The maximum atomic E-state index is 12.2. The van der Waals surface area contributed by atoms with Gasteiger partial charge in [-0.2, -0.15) is 0 Å². The first-order valence-electron chi connectivity index (χ1n) is 28.7. The standard InChI is InChI=1S/C65H106O5/c1-3-5-7-9-11-13-15-17-19-21-23-24-25-26-27-28-29-30-31-32-33-34-35-36-37-38-39-40-42-43-45-47-49-51-53-55-57-59-64(67)69-62-63(61-66)70-65(68)60-58-56-54-52-50-48-46-44-41-22-20-18-16-14-12-10-8-6-4-2/h5-8,11-14,17-20,23-24,26-27,41,44,48,50,54,56,63,66H,3-4,9-10,15-16,21-22,25,28-40,42-43,45-47,49,51-53,55,57-62H2,1-2H3/b7-5-,8-6-,13-11-,14-12-,19-17-,20-18-,24-23-,27-26-,44-41-,50-48-,56-54-. The molecule has 70 heavy (non-hydrogen) atoms. The number of unbranched alkanes of at least 4 members (excludes halogenated alkanes) is 21. The lowest BCUT2D eigenvalue weighted by atomic mass is 10.0. The maximum Gasteiger partial charge on any atom is 0.306 e. The summed E-state index contributed by atoms with van der Waals surface area (Å²) in [5, 5.41) is 9.63. The number of carbonyl (C=O) groups is 2. The summed E-state index contributed by atoms with van der Waals surface area (Å²) in [5.74, 6) is -0.690. The molecule has 0 aromatic carbocycles. The van der Waals surface area contributed by atoms with Crippen LogP contribution < -0.4 is 0 Å². The minimum Gasteiger partial charge on any atom is -0.462 e. The summed E-state index contributed by atoms with van der Waals surface area (Å²) in [6, 6.07) is 0. The Kier molecular flexibility index (Phi) is 56.0. The molecular weight excluding hydrogens is 861 g/mol. The molecule has 5 heteroatoms. The molecule has 0 aromatic heterocycles. The lowest BCUT2D eigenvalue weighted by molar-refractivity contribution is -0.161. The number of rotatable bonds is 51. The Morgan fingerprint density at radius 2 is 0.600 bits per heavy atom. The molecule has 0 aromatic rings. The van der Waals surface area contributed by atoms with Crippen LogP contribution >= 0.6 is 0 Å². The summed E-state index contributed by atoms with van der Waals surface area (Å²) in [4.78, 5) is 24.5. The van der Waals surface area contributed by atoms with E-state index >= 15 is 0 Å². The minimum atomic E-state index is -0.820. The van der Waals surface area contributed by atoms with Crippen LogP contribution in [0.15, 0.2) is 134 Å². The highest BCUT2D eigenvalue weighted by Crippen LogP contribution is 2.16. The van der Waals surface area contributed by atoms with Gasteiger partial charge in [-0.05, 0) is 96.3 Å². The smallest absolute Gasteiger partial charge is 0.306 e. The zero-order valence-corrected chi connectivity index (χ0v) is 45.2. The van der Waals surface area contributed by atoms with Crippen molar-refractivity contribution in [2.24, 2.45) is 0 Å². The topological polar surface area (TPSA) is 72.8 Å². The highest BCUT2D eigenvalue weighted by Gasteiger charge is 2.15. The van der Waals surface area contributed by atoms with Crippen LogP contribution in [-0.4, -0.2) is 36.4 Å². The molecule has 0 radical (unpaired) electrons. The van der Waals surface area contributed by atoms with Gasteiger partial charge in [0, 0.05) is 12.8 Å². The predicted molar refractivity (Wildman–Crippen MR) is 306 cm³/mol. The number of hydrogen-bond donors (Lipinski definition) is 1. The fraction of sp³-hybridized carbons (Fsp3) is 0.631. The third-order valence-corrected chi connectivity index (χ3v) is 12.0. The molecule has 0 fully saturated rings. The van der Waals surface area contributed by atoms with Gasteiger partial charge in [-0.3, -0.25) is 9.59 Å². The van der Waals surface area contributed by atoms with Crippen molar-refractivity contribution in [1.29, 1.82) is 0 Å². The van der Waals surface area contributed by atoms with Crippen LogP contribution in [0.1, 0.15) is 245 Å². The molecule has 0 bridgehead atoms. The molecule has 5 nitrogen and oxygen atoms in total. The second-order valence-electron chi connectivity index (χ2n) is 18.6. The molecule has 0 aliphatic carbocycles. The normalized spacial score (nSPS) is 13.2. The van der Waals surface area contributed by atoms with Crippen LogP contribution in [0, 0.1) is 0 Å². The van der Waals surface area contributed by atoms with Gasteiger partial charge in [0.1, 0.15) is 6.61 Å². The Morgan fingerprint density at radius 3 is 0.914 bits per heavy atom. The first kappa shape index (κ1) is 66.0. The quantitative estimate of drug-likeness (QED) is 0.0374. The van der Waals surface area contributed by atoms with Crippen molar-refractivity contribution >= 4 is 11.9 Å². The van der Waals surface area contributed by atoms with Gasteiger partial charge in [-0.1, -0.05) is 270 Å². The third-order valence-electron chi connectivity index (χ3n) is 12.0. The molecule has 396 valence electrons. The fourth-order valence-electron chi connectivity index (χ4n) is 7.73. The van der Waals surface area contributed by atoms with Gasteiger partial charge >= 0.3 is 11.9 Å². The Bertz CT molecular complexity index is 1470. The van der Waals surface area contributed by atoms with Gasteiger partial charge in [-0.25, -0.2) is 0 Å². The third kappa shape index (κ3) is 56.6. The molecule has 0 aliphatic heterocycles. The number of hydrogen-bond acceptors (Lipinski definition) is 5. The van der Waals surface area contributed by atoms with E-state index in [4.69, 9.17) is 9.47 Å². The van der Waals surface area contributed by atoms with Crippen LogP contribution in [0.2, 0.25) is 0 Å². The van der Waals surface area contributed by atoms with Crippen molar-refractivity contribution in [3.05, 3.63) is 134 Å². The molecule has 1 atom stereocenters. The molecule has 0 rings (SSSR count). The monoisotopic (exact) mass is 967 g/mol. The van der Waals surface area contributed by atoms with E-state index in [1.807, 2.05) is 12.2 Å². The van der Waals surface area contributed by atoms with Crippen molar-refractivity contribution in [1.82, 2.24) is 0 Å². The van der Waals surface area contributed by atoms with E-state index in [0.29, 0.717) is 12.8 Å². The SMILES string of the molecule is CC/C=C\C/C=C\C/C=C\C/C=C\C/C=C\C/C=C\CCC(=O)OC(CO)COC(=O)CCCCCCCCCCCCCCCCCCCCCCC/C=C\C/C=C\C/C=C\C/C=C\C/C=C\CC. The lowest BCUT2D eigenvalue weighted by Crippen LogP contribution is -2.28. The van der Waals surface area contributed by atoms with Crippen molar-refractivity contribution in [2.45, 2.75) is 251 Å². The summed E-state index contributed by atoms with van der Waals surface area (Å²) >= 11 is 0. The second-order valence-corrected chi connectivity index (χ2v) is 18.6. The number of ether oxygens (including phenoxy) is 2. The first-order chi connectivity index (χ1) is 34.6. The first-order valence-corrected chi connectivity index (χ1v) is 28.7. The maximum absolute atomic E-state index is 12.2. The van der Waals surface area contributed by atoms with Gasteiger partial charge in [-0.15, -0.1) is 0 Å². The number of aliphatic hydroxyl groups excluding tert-OH is 1. The van der Waals surface area contributed by atoms with E-state index in [1.54, 1.807) is 0 Å². The summed E-state index contributed by atoms with van der Waals surface area (Å²) in [6.07, 6.45) is 88.8. The van der Waals surface area contributed by atoms with Gasteiger partial charge in [0.15, 0.2) is 6.10 Å². The molecule has 0 amide bonds. The zero-order valence-electron chi connectivity index (χ0n) is 45.2. The molecule has 0 heterocycles. The average molecular weight is 968 g/mol. The highest BCUT2D eigenvalue weighted by molar-refractivity contribution is 5.70. The van der Waals surface area contributed by atoms with Gasteiger partial charge in [0.2, 0.25) is 0 Å². The predicted octanol–water partition coefficient (Wildman–Crippen LogP) is 19.6. The molecule has 1 unspecified atom stereocenters. The summed E-state index contributed by atoms with van der Waals surface area (Å²) in [7, 11) is 0.